The van der Waals surface area contributed by atoms with Crippen LogP contribution in [0.5, 0.6) is 5.75 Å². The standard InChI is InChI=1S/C26H30O6/c1-6-26(32-17(4)29)12-11-22-21-9-7-18-13-19(30-15(2)27)8-10-20(18)24(21)23(31-16(3)28)14-25(22,26)5/h1,8,10,13,21-24H,7,9,11-12,14H2,2-5H3/t21-,22+,23-,24-,25+,26-/m0/s1. The Morgan fingerprint density at radius 1 is 1.09 bits per heavy atom. The maximum Gasteiger partial charge on any atom is 0.308 e. The molecule has 32 heavy (non-hydrogen) atoms. The molecule has 0 spiro atoms. The number of terminal acetylenes is 1. The summed E-state index contributed by atoms with van der Waals surface area (Å²) < 4.78 is 17.0. The number of esters is 3. The molecule has 0 saturated heterocycles. The lowest BCUT2D eigenvalue weighted by atomic mass is 9.52. The van der Waals surface area contributed by atoms with Crippen molar-refractivity contribution in [3.63, 3.8) is 0 Å². The van der Waals surface area contributed by atoms with Gasteiger partial charge < -0.3 is 14.2 Å². The monoisotopic (exact) mass is 438 g/mol. The Balaban J connectivity index is 1.76. The summed E-state index contributed by atoms with van der Waals surface area (Å²) in [5.74, 6) is 2.80. The molecule has 6 heteroatoms. The topological polar surface area (TPSA) is 78.9 Å². The highest BCUT2D eigenvalue weighted by Crippen LogP contribution is 2.65. The lowest BCUT2D eigenvalue weighted by Crippen LogP contribution is -2.56. The van der Waals surface area contributed by atoms with Crippen molar-refractivity contribution >= 4 is 17.9 Å². The van der Waals surface area contributed by atoms with Crippen LogP contribution in [0.4, 0.5) is 0 Å². The summed E-state index contributed by atoms with van der Waals surface area (Å²) in [4.78, 5) is 35.4. The first-order valence-electron chi connectivity index (χ1n) is 11.3. The minimum atomic E-state index is -0.994. The fraction of sp³-hybridized carbons (Fsp3) is 0.577. The molecule has 0 aliphatic heterocycles. The smallest absolute Gasteiger partial charge is 0.308 e. The Kier molecular flexibility index (Phi) is 5.56. The van der Waals surface area contributed by atoms with E-state index in [0.717, 1.165) is 30.4 Å². The SMILES string of the molecule is C#C[C@]1(OC(C)=O)CC[C@@H]2[C@@H]3CCc4cc(OC(C)=O)ccc4[C@@H]3[C@@H](OC(C)=O)C[C@]21C. The molecule has 6 nitrogen and oxygen atoms in total. The molecule has 2 saturated carbocycles. The number of carbonyl (C=O) groups is 3. The zero-order valence-electron chi connectivity index (χ0n) is 19.1. The molecule has 0 N–H and O–H groups in total. The number of hydrogen-bond donors (Lipinski definition) is 0. The molecule has 0 aromatic heterocycles. The Labute approximate surface area is 189 Å². The van der Waals surface area contributed by atoms with Gasteiger partial charge >= 0.3 is 17.9 Å². The lowest BCUT2D eigenvalue weighted by molar-refractivity contribution is -0.179. The molecule has 0 heterocycles. The first kappa shape index (κ1) is 22.4. The zero-order valence-corrected chi connectivity index (χ0v) is 19.1. The second-order valence-corrected chi connectivity index (χ2v) is 9.66. The van der Waals surface area contributed by atoms with E-state index in [0.29, 0.717) is 18.6 Å². The molecule has 2 fully saturated rings. The molecule has 0 unspecified atom stereocenters. The van der Waals surface area contributed by atoms with Crippen molar-refractivity contribution in [3.05, 3.63) is 29.3 Å². The summed E-state index contributed by atoms with van der Waals surface area (Å²) in [5, 5.41) is 0. The number of hydrogen-bond acceptors (Lipinski definition) is 6. The van der Waals surface area contributed by atoms with Crippen LogP contribution in [0.3, 0.4) is 0 Å². The highest BCUT2D eigenvalue weighted by Gasteiger charge is 2.66. The van der Waals surface area contributed by atoms with Crippen LogP contribution in [0.25, 0.3) is 0 Å². The predicted molar refractivity (Wildman–Crippen MR) is 117 cm³/mol. The summed E-state index contributed by atoms with van der Waals surface area (Å²) in [6.07, 6.45) is 9.34. The van der Waals surface area contributed by atoms with E-state index >= 15 is 0 Å². The van der Waals surface area contributed by atoms with E-state index < -0.39 is 11.0 Å². The van der Waals surface area contributed by atoms with E-state index in [-0.39, 0.29) is 41.8 Å². The second kappa shape index (κ2) is 7.95. The van der Waals surface area contributed by atoms with Crippen LogP contribution in [-0.2, 0) is 30.3 Å². The van der Waals surface area contributed by atoms with Crippen LogP contribution in [0.1, 0.15) is 70.4 Å². The Morgan fingerprint density at radius 2 is 1.84 bits per heavy atom. The second-order valence-electron chi connectivity index (χ2n) is 9.66. The van der Waals surface area contributed by atoms with Gasteiger partial charge in [0.05, 0.1) is 0 Å². The summed E-state index contributed by atoms with van der Waals surface area (Å²) in [5.41, 5.74) is 0.777. The van der Waals surface area contributed by atoms with Crippen molar-refractivity contribution in [1.29, 1.82) is 0 Å². The van der Waals surface area contributed by atoms with Gasteiger partial charge in [-0.3, -0.25) is 14.4 Å². The van der Waals surface area contributed by atoms with Gasteiger partial charge in [0.2, 0.25) is 0 Å². The van der Waals surface area contributed by atoms with E-state index in [1.807, 2.05) is 12.1 Å². The van der Waals surface area contributed by atoms with Gasteiger partial charge in [-0.15, -0.1) is 6.42 Å². The maximum atomic E-state index is 12.1. The van der Waals surface area contributed by atoms with Gasteiger partial charge in [-0.25, -0.2) is 0 Å². The molecular formula is C26H30O6. The van der Waals surface area contributed by atoms with Gasteiger partial charge in [-0.1, -0.05) is 18.9 Å². The van der Waals surface area contributed by atoms with Crippen LogP contribution < -0.4 is 4.74 Å². The van der Waals surface area contributed by atoms with E-state index in [1.165, 1.54) is 20.8 Å². The van der Waals surface area contributed by atoms with Crippen LogP contribution in [0.2, 0.25) is 0 Å². The number of benzene rings is 1. The van der Waals surface area contributed by atoms with Gasteiger partial charge in [0.25, 0.3) is 0 Å². The first-order valence-corrected chi connectivity index (χ1v) is 11.3. The maximum absolute atomic E-state index is 12.1. The minimum Gasteiger partial charge on any atom is -0.462 e. The van der Waals surface area contributed by atoms with Gasteiger partial charge in [-0.05, 0) is 67.2 Å². The third-order valence-corrected chi connectivity index (χ3v) is 7.90. The van der Waals surface area contributed by atoms with Gasteiger partial charge in [-0.2, -0.15) is 0 Å². The van der Waals surface area contributed by atoms with Crippen LogP contribution >= 0.6 is 0 Å². The van der Waals surface area contributed by atoms with Crippen molar-refractivity contribution in [2.75, 3.05) is 0 Å². The summed E-state index contributed by atoms with van der Waals surface area (Å²) in [6, 6.07) is 5.73. The average molecular weight is 439 g/mol. The molecule has 0 bridgehead atoms. The largest absolute Gasteiger partial charge is 0.462 e. The molecule has 1 aromatic rings. The molecular weight excluding hydrogens is 408 g/mol. The number of rotatable bonds is 3. The third-order valence-electron chi connectivity index (χ3n) is 7.90. The lowest BCUT2D eigenvalue weighted by Gasteiger charge is -2.55. The molecule has 0 amide bonds. The molecule has 3 aliphatic rings. The van der Waals surface area contributed by atoms with E-state index in [9.17, 15) is 14.4 Å². The minimum absolute atomic E-state index is 0.0259. The van der Waals surface area contributed by atoms with Crippen LogP contribution in [0, 0.1) is 29.6 Å². The fourth-order valence-corrected chi connectivity index (χ4v) is 6.83. The third kappa shape index (κ3) is 3.48. The van der Waals surface area contributed by atoms with Crippen LogP contribution in [0.15, 0.2) is 18.2 Å². The van der Waals surface area contributed by atoms with Crippen molar-refractivity contribution in [1.82, 2.24) is 0 Å². The summed E-state index contributed by atoms with van der Waals surface area (Å²) in [7, 11) is 0. The number of fused-ring (bicyclic) bond motifs is 5. The van der Waals surface area contributed by atoms with E-state index in [4.69, 9.17) is 20.6 Å². The molecule has 3 aliphatic carbocycles. The quantitative estimate of drug-likeness (QED) is 0.404. The van der Waals surface area contributed by atoms with Crippen molar-refractivity contribution in [3.8, 4) is 18.1 Å². The summed E-state index contributed by atoms with van der Waals surface area (Å²) in [6.45, 7) is 6.29. The van der Waals surface area contributed by atoms with Gasteiger partial charge in [0.1, 0.15) is 11.9 Å². The Morgan fingerprint density at radius 3 is 2.47 bits per heavy atom. The Bertz CT molecular complexity index is 1010. The zero-order chi connectivity index (χ0) is 23.3. The molecule has 4 rings (SSSR count). The molecule has 6 atom stereocenters. The van der Waals surface area contributed by atoms with Crippen molar-refractivity contribution in [2.45, 2.75) is 77.4 Å². The fourth-order valence-electron chi connectivity index (χ4n) is 6.83. The van der Waals surface area contributed by atoms with Crippen LogP contribution in [-0.4, -0.2) is 29.6 Å². The number of aryl methyl sites for hydroxylation is 1. The van der Waals surface area contributed by atoms with Crippen molar-refractivity contribution < 1.29 is 28.6 Å². The predicted octanol–water partition coefficient (Wildman–Crippen LogP) is 3.94. The average Bonchev–Trinajstić information content (AvgIpc) is 2.98. The molecule has 0 radical (unpaired) electrons. The highest BCUT2D eigenvalue weighted by molar-refractivity contribution is 5.69. The number of carbonyl (C=O) groups excluding carboxylic acids is 3. The Hall–Kier alpha value is -2.81. The van der Waals surface area contributed by atoms with Gasteiger partial charge in [0, 0.05) is 32.1 Å². The molecule has 170 valence electrons. The first-order chi connectivity index (χ1) is 15.1. The normalized spacial score (nSPS) is 34.8. The molecule has 1 aromatic carbocycles. The van der Waals surface area contributed by atoms with Gasteiger partial charge in [0.15, 0.2) is 5.60 Å². The highest BCUT2D eigenvalue weighted by atomic mass is 16.6. The number of ether oxygens (including phenoxy) is 3. The van der Waals surface area contributed by atoms with Crippen molar-refractivity contribution in [2.24, 2.45) is 17.3 Å². The summed E-state index contributed by atoms with van der Waals surface area (Å²) >= 11 is 0. The van der Waals surface area contributed by atoms with E-state index in [1.54, 1.807) is 6.07 Å². The van der Waals surface area contributed by atoms with E-state index in [2.05, 4.69) is 12.8 Å².